The van der Waals surface area contributed by atoms with Crippen LogP contribution in [-0.2, 0) is 16.0 Å². The molecule has 0 unspecified atom stereocenters. The van der Waals surface area contributed by atoms with Gasteiger partial charge < -0.3 is 10.6 Å². The van der Waals surface area contributed by atoms with E-state index in [-0.39, 0.29) is 11.4 Å². The Kier molecular flexibility index (Phi) is 6.01. The fourth-order valence-corrected chi connectivity index (χ4v) is 2.10. The lowest BCUT2D eigenvalue weighted by atomic mass is 10.1. The zero-order valence-corrected chi connectivity index (χ0v) is 12.9. The molecule has 2 N–H and O–H groups in total. The first kappa shape index (κ1) is 17.1. The molecule has 0 fully saturated rings. The average Bonchev–Trinajstić information content (AvgIpc) is 2.59. The van der Waals surface area contributed by atoms with Crippen LogP contribution in [0.3, 0.4) is 0 Å². The lowest BCUT2D eigenvalue weighted by molar-refractivity contribution is -0.384. The lowest BCUT2D eigenvalue weighted by Gasteiger charge is -2.06. The molecule has 7 heteroatoms. The van der Waals surface area contributed by atoms with E-state index in [1.165, 1.54) is 24.3 Å². The maximum atomic E-state index is 11.8. The molecule has 2 aromatic rings. The van der Waals surface area contributed by atoms with Crippen molar-refractivity contribution in [1.29, 1.82) is 0 Å². The number of nitro groups is 1. The zero-order chi connectivity index (χ0) is 17.4. The summed E-state index contributed by atoms with van der Waals surface area (Å²) >= 11 is 0. The van der Waals surface area contributed by atoms with Gasteiger partial charge in [0.2, 0.25) is 0 Å². The minimum Gasteiger partial charge on any atom is -0.348 e. The van der Waals surface area contributed by atoms with Crippen molar-refractivity contribution in [3.63, 3.8) is 0 Å². The van der Waals surface area contributed by atoms with Gasteiger partial charge in [0, 0.05) is 24.4 Å². The van der Waals surface area contributed by atoms with Gasteiger partial charge >= 0.3 is 11.8 Å². The second-order valence-electron chi connectivity index (χ2n) is 5.11. The van der Waals surface area contributed by atoms with Crippen molar-refractivity contribution in [2.24, 2.45) is 0 Å². The molecule has 0 aliphatic rings. The molecule has 24 heavy (non-hydrogen) atoms. The van der Waals surface area contributed by atoms with Gasteiger partial charge in [-0.25, -0.2) is 0 Å². The van der Waals surface area contributed by atoms with Gasteiger partial charge in [0.1, 0.15) is 0 Å². The average molecular weight is 327 g/mol. The number of anilines is 1. The standard InChI is InChI=1S/C17H17N3O4/c21-16(18-11-5-8-13-6-2-1-3-7-13)17(22)19-14-9-4-10-15(12-14)20(23)24/h1-4,6-7,9-10,12H,5,8,11H2,(H,18,21)(H,19,22). The van der Waals surface area contributed by atoms with Crippen molar-refractivity contribution in [2.75, 3.05) is 11.9 Å². The van der Waals surface area contributed by atoms with Crippen molar-refractivity contribution >= 4 is 23.2 Å². The Morgan fingerprint density at radius 2 is 1.75 bits per heavy atom. The molecule has 124 valence electrons. The van der Waals surface area contributed by atoms with Crippen LogP contribution >= 0.6 is 0 Å². The molecule has 0 radical (unpaired) electrons. The van der Waals surface area contributed by atoms with Crippen LogP contribution in [0.15, 0.2) is 54.6 Å². The predicted molar refractivity (Wildman–Crippen MR) is 89.5 cm³/mol. The van der Waals surface area contributed by atoms with Crippen LogP contribution in [0.5, 0.6) is 0 Å². The number of nitrogens with one attached hydrogen (secondary N) is 2. The Morgan fingerprint density at radius 1 is 1.00 bits per heavy atom. The van der Waals surface area contributed by atoms with E-state index in [0.29, 0.717) is 13.0 Å². The Morgan fingerprint density at radius 3 is 2.46 bits per heavy atom. The van der Waals surface area contributed by atoms with E-state index in [1.54, 1.807) is 0 Å². The Bertz CT molecular complexity index is 732. The fraction of sp³-hybridized carbons (Fsp3) is 0.176. The van der Waals surface area contributed by atoms with Crippen molar-refractivity contribution < 1.29 is 14.5 Å². The summed E-state index contributed by atoms with van der Waals surface area (Å²) in [4.78, 5) is 33.6. The first-order valence-corrected chi connectivity index (χ1v) is 7.44. The van der Waals surface area contributed by atoms with Crippen LogP contribution in [0.4, 0.5) is 11.4 Å². The number of carbonyl (C=O) groups is 2. The van der Waals surface area contributed by atoms with Crippen LogP contribution in [0.2, 0.25) is 0 Å². The molecule has 2 rings (SSSR count). The van der Waals surface area contributed by atoms with Gasteiger partial charge in [0.25, 0.3) is 5.69 Å². The third-order valence-electron chi connectivity index (χ3n) is 3.29. The van der Waals surface area contributed by atoms with E-state index in [1.807, 2.05) is 30.3 Å². The molecule has 0 heterocycles. The van der Waals surface area contributed by atoms with Crippen LogP contribution in [0, 0.1) is 10.1 Å². The summed E-state index contributed by atoms with van der Waals surface area (Å²) < 4.78 is 0. The summed E-state index contributed by atoms with van der Waals surface area (Å²) in [5.41, 5.74) is 1.21. The molecule has 2 amide bonds. The summed E-state index contributed by atoms with van der Waals surface area (Å²) in [5, 5.41) is 15.5. The van der Waals surface area contributed by atoms with E-state index in [4.69, 9.17) is 0 Å². The molecule has 0 bridgehead atoms. The maximum Gasteiger partial charge on any atom is 0.313 e. The second kappa shape index (κ2) is 8.42. The van der Waals surface area contributed by atoms with Gasteiger partial charge in [-0.1, -0.05) is 36.4 Å². The number of hydrogen-bond donors (Lipinski definition) is 2. The van der Waals surface area contributed by atoms with Crippen molar-refractivity contribution in [3.8, 4) is 0 Å². The van der Waals surface area contributed by atoms with Gasteiger partial charge in [-0.15, -0.1) is 0 Å². The highest BCUT2D eigenvalue weighted by Crippen LogP contribution is 2.16. The van der Waals surface area contributed by atoms with Crippen LogP contribution in [0.25, 0.3) is 0 Å². The van der Waals surface area contributed by atoms with Crippen LogP contribution < -0.4 is 10.6 Å². The largest absolute Gasteiger partial charge is 0.348 e. The third kappa shape index (κ3) is 5.20. The van der Waals surface area contributed by atoms with E-state index in [0.717, 1.165) is 12.0 Å². The van der Waals surface area contributed by atoms with Gasteiger partial charge in [0.05, 0.1) is 4.92 Å². The van der Waals surface area contributed by atoms with Crippen molar-refractivity contribution in [3.05, 3.63) is 70.3 Å². The van der Waals surface area contributed by atoms with Crippen molar-refractivity contribution in [1.82, 2.24) is 5.32 Å². The Labute approximate surface area is 138 Å². The number of hydrogen-bond acceptors (Lipinski definition) is 4. The first-order valence-electron chi connectivity index (χ1n) is 7.44. The highest BCUT2D eigenvalue weighted by atomic mass is 16.6. The number of carbonyl (C=O) groups excluding carboxylic acids is 2. The number of non-ortho nitro benzene ring substituents is 1. The summed E-state index contributed by atoms with van der Waals surface area (Å²) in [6.45, 7) is 0.371. The van der Waals surface area contributed by atoms with Gasteiger partial charge in [0.15, 0.2) is 0 Å². The molecule has 2 aromatic carbocycles. The second-order valence-corrected chi connectivity index (χ2v) is 5.11. The quantitative estimate of drug-likeness (QED) is 0.368. The third-order valence-corrected chi connectivity index (χ3v) is 3.29. The number of nitro benzene ring substituents is 1. The number of rotatable bonds is 6. The van der Waals surface area contributed by atoms with Gasteiger partial charge in [-0.2, -0.15) is 0 Å². The lowest BCUT2D eigenvalue weighted by Crippen LogP contribution is -2.36. The number of aryl methyl sites for hydroxylation is 1. The summed E-state index contributed by atoms with van der Waals surface area (Å²) in [6.07, 6.45) is 1.51. The predicted octanol–water partition coefficient (Wildman–Crippen LogP) is 2.28. The molecule has 0 aromatic heterocycles. The van der Waals surface area contributed by atoms with E-state index in [2.05, 4.69) is 10.6 Å². The normalized spacial score (nSPS) is 10.0. The summed E-state index contributed by atoms with van der Waals surface area (Å²) in [6, 6.07) is 15.2. The first-order chi connectivity index (χ1) is 11.6. The highest BCUT2D eigenvalue weighted by molar-refractivity contribution is 6.39. The zero-order valence-electron chi connectivity index (χ0n) is 12.9. The number of amides is 2. The van der Waals surface area contributed by atoms with E-state index >= 15 is 0 Å². The fourth-order valence-electron chi connectivity index (χ4n) is 2.10. The highest BCUT2D eigenvalue weighted by Gasteiger charge is 2.14. The minimum absolute atomic E-state index is 0.156. The van der Waals surface area contributed by atoms with Gasteiger partial charge in [-0.05, 0) is 24.5 Å². The molecule has 0 aliphatic heterocycles. The van der Waals surface area contributed by atoms with E-state index in [9.17, 15) is 19.7 Å². The van der Waals surface area contributed by atoms with Gasteiger partial charge in [-0.3, -0.25) is 19.7 Å². The molecular formula is C17H17N3O4. The SMILES string of the molecule is O=C(NCCCc1ccccc1)C(=O)Nc1cccc([N+](=O)[O-])c1. The minimum atomic E-state index is -0.852. The van der Waals surface area contributed by atoms with E-state index < -0.39 is 16.7 Å². The summed E-state index contributed by atoms with van der Waals surface area (Å²) in [7, 11) is 0. The van der Waals surface area contributed by atoms with Crippen LogP contribution in [0.1, 0.15) is 12.0 Å². The molecule has 0 aliphatic carbocycles. The number of nitrogens with zero attached hydrogens (tertiary/aromatic N) is 1. The molecule has 0 saturated carbocycles. The van der Waals surface area contributed by atoms with Crippen LogP contribution in [-0.4, -0.2) is 23.3 Å². The molecular weight excluding hydrogens is 310 g/mol. The monoisotopic (exact) mass is 327 g/mol. The Hall–Kier alpha value is -3.22. The molecule has 7 nitrogen and oxygen atoms in total. The van der Waals surface area contributed by atoms with Crippen molar-refractivity contribution in [2.45, 2.75) is 12.8 Å². The molecule has 0 spiro atoms. The summed E-state index contributed by atoms with van der Waals surface area (Å²) in [5.74, 6) is -1.62. The topological polar surface area (TPSA) is 101 Å². The Balaban J connectivity index is 1.77. The smallest absolute Gasteiger partial charge is 0.313 e. The number of benzene rings is 2. The maximum absolute atomic E-state index is 11.8. The molecule has 0 saturated heterocycles. The molecule has 0 atom stereocenters.